The molecule has 0 spiro atoms. The van der Waals surface area contributed by atoms with Gasteiger partial charge in [0.25, 0.3) is 0 Å². The molecule has 0 atom stereocenters. The molecule has 0 saturated heterocycles. The van der Waals surface area contributed by atoms with Crippen molar-refractivity contribution in [2.24, 2.45) is 0 Å². The topological polar surface area (TPSA) is 3.24 Å². The van der Waals surface area contributed by atoms with E-state index in [1.54, 1.807) is 0 Å². The zero-order valence-corrected chi connectivity index (χ0v) is 31.9. The van der Waals surface area contributed by atoms with Gasteiger partial charge < -0.3 is 4.90 Å². The summed E-state index contributed by atoms with van der Waals surface area (Å²) in [6, 6.07) is 57.5. The molecule has 0 amide bonds. The summed E-state index contributed by atoms with van der Waals surface area (Å²) >= 11 is 0. The summed E-state index contributed by atoms with van der Waals surface area (Å²) in [6.45, 7) is 14.4. The molecule has 0 fully saturated rings. The zero-order valence-electron chi connectivity index (χ0n) is 31.9. The standard InChI is InChI=1S/C53H43N/c1-51(2)43-19-13-12-18-39(43)49-44(51)24-25-45-50(49)40-23-22-38(31-48(40)52(45,3)4)54(36-16-8-7-9-17-36)37-21-20-34-28-42-41-27-32-14-10-11-15-33(32)29-46(41)53(5,6)47(42)30-35(34)26-37/h7-31H,1-6H3. The quantitative estimate of drug-likeness (QED) is 0.178. The molecule has 0 radical (unpaired) electrons. The van der Waals surface area contributed by atoms with E-state index in [1.165, 1.54) is 94.0 Å². The Labute approximate surface area is 318 Å². The van der Waals surface area contributed by atoms with Crippen LogP contribution in [0.3, 0.4) is 0 Å². The average molecular weight is 694 g/mol. The van der Waals surface area contributed by atoms with E-state index in [9.17, 15) is 0 Å². The first-order chi connectivity index (χ1) is 26.0. The van der Waals surface area contributed by atoms with Gasteiger partial charge in [-0.2, -0.15) is 0 Å². The van der Waals surface area contributed by atoms with Crippen molar-refractivity contribution < 1.29 is 0 Å². The largest absolute Gasteiger partial charge is 0.310 e. The van der Waals surface area contributed by atoms with Crippen LogP contribution in [0.5, 0.6) is 0 Å². The van der Waals surface area contributed by atoms with Crippen molar-refractivity contribution in [2.75, 3.05) is 4.90 Å². The lowest BCUT2D eigenvalue weighted by atomic mass is 9.79. The minimum absolute atomic E-state index is 0.0276. The van der Waals surface area contributed by atoms with Crippen LogP contribution < -0.4 is 4.90 Å². The summed E-state index contributed by atoms with van der Waals surface area (Å²) in [6.07, 6.45) is 0. The summed E-state index contributed by atoms with van der Waals surface area (Å²) in [7, 11) is 0. The third kappa shape index (κ3) is 4.10. The van der Waals surface area contributed by atoms with E-state index in [-0.39, 0.29) is 16.2 Å². The molecule has 0 bridgehead atoms. The molecule has 11 rings (SSSR count). The van der Waals surface area contributed by atoms with E-state index in [0.29, 0.717) is 0 Å². The van der Waals surface area contributed by atoms with Crippen molar-refractivity contribution in [1.82, 2.24) is 0 Å². The number of para-hydroxylation sites is 1. The number of hydrogen-bond acceptors (Lipinski definition) is 1. The van der Waals surface area contributed by atoms with Crippen molar-refractivity contribution in [2.45, 2.75) is 57.8 Å². The van der Waals surface area contributed by atoms with Gasteiger partial charge in [0.2, 0.25) is 0 Å². The van der Waals surface area contributed by atoms with Crippen LogP contribution in [-0.4, -0.2) is 0 Å². The second-order valence-electron chi connectivity index (χ2n) is 17.4. The molecule has 3 aliphatic carbocycles. The second kappa shape index (κ2) is 10.6. The first-order valence-electron chi connectivity index (χ1n) is 19.4. The highest BCUT2D eigenvalue weighted by molar-refractivity contribution is 6.01. The van der Waals surface area contributed by atoms with Crippen LogP contribution in [0.25, 0.3) is 54.9 Å². The molecule has 0 aliphatic heterocycles. The third-order valence-corrected chi connectivity index (χ3v) is 13.4. The fraction of sp³-hybridized carbons (Fsp3) is 0.170. The Kier molecular flexibility index (Phi) is 6.21. The van der Waals surface area contributed by atoms with Gasteiger partial charge in [-0.1, -0.05) is 133 Å². The fourth-order valence-electron chi connectivity index (χ4n) is 10.5. The summed E-state index contributed by atoms with van der Waals surface area (Å²) in [5, 5.41) is 5.14. The van der Waals surface area contributed by atoms with Crippen molar-refractivity contribution in [1.29, 1.82) is 0 Å². The Balaban J connectivity index is 1.07. The zero-order chi connectivity index (χ0) is 36.7. The first kappa shape index (κ1) is 31.6. The molecular weight excluding hydrogens is 651 g/mol. The normalized spacial score (nSPS) is 16.0. The molecule has 0 aromatic heterocycles. The van der Waals surface area contributed by atoms with Gasteiger partial charge >= 0.3 is 0 Å². The molecule has 0 N–H and O–H groups in total. The average Bonchev–Trinajstić information content (AvgIpc) is 3.65. The molecular formula is C53H43N. The first-order valence-corrected chi connectivity index (χ1v) is 19.4. The number of anilines is 3. The molecule has 8 aromatic rings. The van der Waals surface area contributed by atoms with E-state index in [1.807, 2.05) is 0 Å². The molecule has 1 nitrogen and oxygen atoms in total. The fourth-order valence-corrected chi connectivity index (χ4v) is 10.5. The molecule has 0 saturated carbocycles. The van der Waals surface area contributed by atoms with Crippen molar-refractivity contribution in [3.63, 3.8) is 0 Å². The monoisotopic (exact) mass is 693 g/mol. The summed E-state index contributed by atoms with van der Waals surface area (Å²) in [5.74, 6) is 0. The van der Waals surface area contributed by atoms with Crippen LogP contribution in [0.2, 0.25) is 0 Å². The summed E-state index contributed by atoms with van der Waals surface area (Å²) in [5.41, 5.74) is 20.0. The van der Waals surface area contributed by atoms with Crippen LogP contribution in [0, 0.1) is 0 Å². The number of hydrogen-bond donors (Lipinski definition) is 0. The minimum atomic E-state index is -0.144. The van der Waals surface area contributed by atoms with E-state index in [0.717, 1.165) is 11.4 Å². The number of rotatable bonds is 3. The lowest BCUT2D eigenvalue weighted by molar-refractivity contribution is 0.651. The van der Waals surface area contributed by atoms with Gasteiger partial charge in [0.15, 0.2) is 0 Å². The van der Waals surface area contributed by atoms with Crippen LogP contribution in [0.1, 0.15) is 74.9 Å². The van der Waals surface area contributed by atoms with Crippen molar-refractivity contribution in [3.05, 3.63) is 185 Å². The lowest BCUT2D eigenvalue weighted by Gasteiger charge is -2.28. The predicted octanol–water partition coefficient (Wildman–Crippen LogP) is 14.4. The number of nitrogens with zero attached hydrogens (tertiary/aromatic N) is 1. The van der Waals surface area contributed by atoms with Crippen LogP contribution in [-0.2, 0) is 16.2 Å². The predicted molar refractivity (Wildman–Crippen MR) is 229 cm³/mol. The number of benzene rings is 8. The SMILES string of the molecule is CC1(C)c2cc3ccccc3cc2-c2cc3ccc(N(c4ccccc4)c4ccc5c(c4)C(C)(C)c4ccc6c(c4-5)-c4ccccc4C6(C)C)cc3cc21. The molecule has 54 heavy (non-hydrogen) atoms. The maximum atomic E-state index is 2.47. The van der Waals surface area contributed by atoms with E-state index in [4.69, 9.17) is 0 Å². The molecule has 260 valence electrons. The van der Waals surface area contributed by atoms with Gasteiger partial charge in [0.1, 0.15) is 0 Å². The van der Waals surface area contributed by atoms with E-state index >= 15 is 0 Å². The number of fused-ring (bicyclic) bond motifs is 12. The Morgan fingerprint density at radius 2 is 0.778 bits per heavy atom. The minimum Gasteiger partial charge on any atom is -0.310 e. The van der Waals surface area contributed by atoms with Crippen LogP contribution in [0.4, 0.5) is 17.1 Å². The maximum Gasteiger partial charge on any atom is 0.0468 e. The molecule has 0 heterocycles. The smallest absolute Gasteiger partial charge is 0.0468 e. The molecule has 3 aliphatic rings. The Morgan fingerprint density at radius 1 is 0.296 bits per heavy atom. The Morgan fingerprint density at radius 3 is 1.48 bits per heavy atom. The highest BCUT2D eigenvalue weighted by Crippen LogP contribution is 2.60. The molecule has 8 aromatic carbocycles. The summed E-state index contributed by atoms with van der Waals surface area (Å²) < 4.78 is 0. The van der Waals surface area contributed by atoms with Gasteiger partial charge in [-0.05, 0) is 149 Å². The van der Waals surface area contributed by atoms with Crippen LogP contribution in [0.15, 0.2) is 152 Å². The van der Waals surface area contributed by atoms with Crippen molar-refractivity contribution in [3.8, 4) is 33.4 Å². The second-order valence-corrected chi connectivity index (χ2v) is 17.4. The van der Waals surface area contributed by atoms with E-state index < -0.39 is 0 Å². The molecule has 0 unspecified atom stereocenters. The summed E-state index contributed by atoms with van der Waals surface area (Å²) in [4.78, 5) is 2.45. The van der Waals surface area contributed by atoms with Gasteiger partial charge in [-0.15, -0.1) is 0 Å². The molecule has 1 heteroatoms. The van der Waals surface area contributed by atoms with Gasteiger partial charge in [0.05, 0.1) is 0 Å². The van der Waals surface area contributed by atoms with Gasteiger partial charge in [0, 0.05) is 33.3 Å². The lowest BCUT2D eigenvalue weighted by Crippen LogP contribution is -2.17. The maximum absolute atomic E-state index is 2.47. The van der Waals surface area contributed by atoms with Gasteiger partial charge in [-0.3, -0.25) is 0 Å². The van der Waals surface area contributed by atoms with Crippen LogP contribution >= 0.6 is 0 Å². The van der Waals surface area contributed by atoms with Gasteiger partial charge in [-0.25, -0.2) is 0 Å². The highest BCUT2D eigenvalue weighted by atomic mass is 15.1. The van der Waals surface area contributed by atoms with E-state index in [2.05, 4.69) is 198 Å². The van der Waals surface area contributed by atoms with Crippen molar-refractivity contribution >= 4 is 38.6 Å². The Hall–Kier alpha value is -5.92. The third-order valence-electron chi connectivity index (χ3n) is 13.4. The Bertz CT molecular complexity index is 2900. The highest BCUT2D eigenvalue weighted by Gasteiger charge is 2.44.